The predicted octanol–water partition coefficient (Wildman–Crippen LogP) is -1.19. The first-order valence-electron chi connectivity index (χ1n) is 0.655. The first-order chi connectivity index (χ1) is 1.73. The van der Waals surface area contributed by atoms with E-state index in [4.69, 9.17) is 34.8 Å². The standard InChI is InChI=1S/CHCl3.Na.H2O/c2-1(3)4;;/h1H;;1H2/q;+1;/p-1. The molecule has 0 radical (unpaired) electrons. The molecule has 0 aliphatic rings. The average Bonchev–Trinajstić information content (AvgIpc) is 0.811. The molecule has 0 heterocycles. The normalized spacial score (nSPS) is 6.00. The van der Waals surface area contributed by atoms with Crippen LogP contribution in [0.2, 0.25) is 0 Å². The average molecular weight is 159 g/mol. The molecule has 1 nitrogen and oxygen atoms in total. The molecule has 0 unspecified atom stereocenters. The van der Waals surface area contributed by atoms with Gasteiger partial charge in [-0.25, -0.2) is 0 Å². The fourth-order valence-corrected chi connectivity index (χ4v) is 0. The van der Waals surface area contributed by atoms with Gasteiger partial charge in [-0.1, -0.05) is 34.8 Å². The summed E-state index contributed by atoms with van der Waals surface area (Å²) in [6.07, 6.45) is 0. The Morgan fingerprint density at radius 2 is 1.00 bits per heavy atom. The van der Waals surface area contributed by atoms with E-state index in [2.05, 4.69) is 0 Å². The summed E-state index contributed by atoms with van der Waals surface area (Å²) in [5.74, 6) is 0. The Hall–Kier alpha value is 1.83. The van der Waals surface area contributed by atoms with Crippen LogP contribution in [0.25, 0.3) is 0 Å². The zero-order valence-corrected chi connectivity index (χ0v) is 7.43. The molecule has 0 aliphatic heterocycles. The molecule has 0 rings (SSSR count). The zero-order valence-electron chi connectivity index (χ0n) is 3.16. The van der Waals surface area contributed by atoms with Crippen molar-refractivity contribution in [1.82, 2.24) is 0 Å². The van der Waals surface area contributed by atoms with Crippen molar-refractivity contribution < 1.29 is 35.0 Å². The smallest absolute Gasteiger partial charge is 0.870 e. The molecule has 0 fully saturated rings. The molecule has 0 aromatic heterocycles. The summed E-state index contributed by atoms with van der Waals surface area (Å²) in [4.78, 5) is 0. The molecule has 5 heteroatoms. The van der Waals surface area contributed by atoms with E-state index in [9.17, 15) is 0 Å². The third kappa shape index (κ3) is 40.6. The summed E-state index contributed by atoms with van der Waals surface area (Å²) in [7, 11) is 0. The molecule has 0 amide bonds. The van der Waals surface area contributed by atoms with Crippen LogP contribution in [0.5, 0.6) is 0 Å². The van der Waals surface area contributed by atoms with Crippen molar-refractivity contribution in [3.05, 3.63) is 0 Å². The summed E-state index contributed by atoms with van der Waals surface area (Å²) in [6, 6.07) is 0. The van der Waals surface area contributed by atoms with Gasteiger partial charge < -0.3 is 5.48 Å². The molecule has 0 aromatic carbocycles. The Kier molecular flexibility index (Phi) is 26.0. The molecule has 0 saturated heterocycles. The van der Waals surface area contributed by atoms with Crippen LogP contribution in [0.15, 0.2) is 0 Å². The van der Waals surface area contributed by atoms with Crippen molar-refractivity contribution in [3.63, 3.8) is 0 Å². The maximum absolute atomic E-state index is 4.81. The van der Waals surface area contributed by atoms with Crippen LogP contribution < -0.4 is 29.6 Å². The largest absolute Gasteiger partial charge is 1.00 e. The van der Waals surface area contributed by atoms with Crippen LogP contribution in [0, 0.1) is 0 Å². The van der Waals surface area contributed by atoms with Gasteiger partial charge >= 0.3 is 29.6 Å². The second-order valence-corrected chi connectivity index (χ2v) is 2.23. The van der Waals surface area contributed by atoms with E-state index in [1.54, 1.807) is 0 Å². The van der Waals surface area contributed by atoms with Crippen LogP contribution in [-0.2, 0) is 0 Å². The van der Waals surface area contributed by atoms with Crippen LogP contribution in [0.4, 0.5) is 0 Å². The number of hydrogen-bond donors (Lipinski definition) is 0. The molecule has 0 aliphatic carbocycles. The summed E-state index contributed by atoms with van der Waals surface area (Å²) in [6.45, 7) is 0. The third-order valence-electron chi connectivity index (χ3n) is 0. The Bertz CT molecular complexity index is 15.5. The molecule has 0 bridgehead atoms. The van der Waals surface area contributed by atoms with Gasteiger partial charge in [0.25, 0.3) is 0 Å². The molecular formula is CH2Cl3NaO. The van der Waals surface area contributed by atoms with Crippen LogP contribution in [-0.4, -0.2) is 9.77 Å². The minimum Gasteiger partial charge on any atom is -0.870 e. The Morgan fingerprint density at radius 3 is 1.00 bits per heavy atom. The van der Waals surface area contributed by atoms with Crippen molar-refractivity contribution >= 4 is 34.8 Å². The van der Waals surface area contributed by atoms with E-state index in [1.807, 2.05) is 0 Å². The molecular weight excluding hydrogens is 157 g/mol. The van der Waals surface area contributed by atoms with E-state index in [0.29, 0.717) is 0 Å². The van der Waals surface area contributed by atoms with Gasteiger partial charge in [-0.2, -0.15) is 0 Å². The van der Waals surface area contributed by atoms with Crippen molar-refractivity contribution in [2.45, 2.75) is 4.30 Å². The van der Waals surface area contributed by atoms with Gasteiger partial charge in [0.1, 0.15) is 0 Å². The maximum Gasteiger partial charge on any atom is 1.00 e. The predicted molar refractivity (Wildman–Crippen MR) is 23.3 cm³/mol. The zero-order chi connectivity index (χ0) is 3.58. The fourth-order valence-electron chi connectivity index (χ4n) is 0. The van der Waals surface area contributed by atoms with Crippen molar-refractivity contribution in [2.75, 3.05) is 0 Å². The molecule has 6 heavy (non-hydrogen) atoms. The SMILES string of the molecule is ClC(Cl)Cl.[Na+].[OH-]. The Balaban J connectivity index is -0.0000000450. The van der Waals surface area contributed by atoms with E-state index >= 15 is 0 Å². The van der Waals surface area contributed by atoms with E-state index < -0.39 is 4.30 Å². The second-order valence-electron chi connectivity index (χ2n) is 0.247. The van der Waals surface area contributed by atoms with Gasteiger partial charge in [-0.3, -0.25) is 0 Å². The first-order valence-corrected chi connectivity index (χ1v) is 1.96. The fraction of sp³-hybridized carbons (Fsp3) is 1.00. The number of rotatable bonds is 0. The molecule has 0 saturated carbocycles. The van der Waals surface area contributed by atoms with Gasteiger partial charge in [0, 0.05) is 0 Å². The molecule has 1 N–H and O–H groups in total. The topological polar surface area (TPSA) is 30.0 Å². The monoisotopic (exact) mass is 158 g/mol. The number of halogens is 3. The molecule has 0 aromatic rings. The quantitative estimate of drug-likeness (QED) is 0.323. The van der Waals surface area contributed by atoms with Crippen LogP contribution in [0.1, 0.15) is 0 Å². The molecule has 0 spiro atoms. The van der Waals surface area contributed by atoms with Gasteiger partial charge in [0.2, 0.25) is 0 Å². The summed E-state index contributed by atoms with van der Waals surface area (Å²) < 4.78 is -0.750. The third-order valence-corrected chi connectivity index (χ3v) is 0. The summed E-state index contributed by atoms with van der Waals surface area (Å²) in [5, 5.41) is 0. The molecule has 0 atom stereocenters. The van der Waals surface area contributed by atoms with Gasteiger partial charge in [0.15, 0.2) is 4.30 Å². The minimum absolute atomic E-state index is 0. The van der Waals surface area contributed by atoms with Gasteiger partial charge in [0.05, 0.1) is 0 Å². The number of alkyl halides is 3. The van der Waals surface area contributed by atoms with Crippen LogP contribution in [0.3, 0.4) is 0 Å². The first kappa shape index (κ1) is 15.7. The molecule has 34 valence electrons. The van der Waals surface area contributed by atoms with E-state index in [-0.39, 0.29) is 35.0 Å². The second kappa shape index (κ2) is 9.95. The Morgan fingerprint density at radius 1 is 1.00 bits per heavy atom. The summed E-state index contributed by atoms with van der Waals surface area (Å²) >= 11 is 14.4. The maximum atomic E-state index is 4.81. The Labute approximate surface area is 73.5 Å². The van der Waals surface area contributed by atoms with E-state index in [0.717, 1.165) is 0 Å². The van der Waals surface area contributed by atoms with Crippen LogP contribution >= 0.6 is 34.8 Å². The van der Waals surface area contributed by atoms with Crippen molar-refractivity contribution in [2.24, 2.45) is 0 Å². The van der Waals surface area contributed by atoms with Gasteiger partial charge in [-0.05, 0) is 0 Å². The minimum atomic E-state index is -0.750. The van der Waals surface area contributed by atoms with Gasteiger partial charge in [-0.15, -0.1) is 0 Å². The summed E-state index contributed by atoms with van der Waals surface area (Å²) in [5.41, 5.74) is 0. The number of hydrogen-bond acceptors (Lipinski definition) is 1. The van der Waals surface area contributed by atoms with E-state index in [1.165, 1.54) is 0 Å². The van der Waals surface area contributed by atoms with Crippen molar-refractivity contribution in [1.29, 1.82) is 0 Å². The van der Waals surface area contributed by atoms with Crippen molar-refractivity contribution in [3.8, 4) is 0 Å².